The predicted octanol–water partition coefficient (Wildman–Crippen LogP) is 3.68. The molecule has 1 unspecified atom stereocenters. The summed E-state index contributed by atoms with van der Waals surface area (Å²) in [4.78, 5) is 24.7. The first kappa shape index (κ1) is 21.7. The molecule has 0 fully saturated rings. The van der Waals surface area contributed by atoms with Crippen molar-refractivity contribution in [1.29, 1.82) is 0 Å². The lowest BCUT2D eigenvalue weighted by Crippen LogP contribution is -2.72. The number of nitrogens with one attached hydrogen (secondary N) is 2. The van der Waals surface area contributed by atoms with E-state index in [1.54, 1.807) is 23.5 Å². The molecule has 1 atom stereocenters. The summed E-state index contributed by atoms with van der Waals surface area (Å²) in [5.74, 6) is -2.75. The topological polar surface area (TPSA) is 67.4 Å². The van der Waals surface area contributed by atoms with E-state index < -0.39 is 30.3 Å². The molecule has 0 aliphatic carbocycles. The number of carbonyl (C=O) groups excluding carboxylic acids is 2. The van der Waals surface area contributed by atoms with Crippen molar-refractivity contribution in [3.05, 3.63) is 70.7 Å². The number of benzene rings is 2. The van der Waals surface area contributed by atoms with Crippen molar-refractivity contribution in [2.75, 3.05) is 6.61 Å². The van der Waals surface area contributed by atoms with E-state index in [0.717, 1.165) is 0 Å². The lowest BCUT2D eigenvalue weighted by Gasteiger charge is -2.35. The highest BCUT2D eigenvalue weighted by Crippen LogP contribution is 2.31. The van der Waals surface area contributed by atoms with Crippen LogP contribution in [0, 0.1) is 0 Å². The third kappa shape index (κ3) is 4.82. The van der Waals surface area contributed by atoms with Crippen LogP contribution in [0.15, 0.2) is 54.6 Å². The maximum Gasteiger partial charge on any atom is 0.436 e. The molecule has 0 saturated heterocycles. The van der Waals surface area contributed by atoms with Crippen molar-refractivity contribution in [2.24, 2.45) is 0 Å². The van der Waals surface area contributed by atoms with Gasteiger partial charge in [-0.2, -0.15) is 13.2 Å². The van der Waals surface area contributed by atoms with Crippen LogP contribution in [0.3, 0.4) is 0 Å². The highest BCUT2D eigenvalue weighted by molar-refractivity contribution is 6.31. The Labute approximate surface area is 164 Å². The van der Waals surface area contributed by atoms with Gasteiger partial charge in [0.15, 0.2) is 0 Å². The average molecular weight is 415 g/mol. The molecule has 0 aliphatic heterocycles. The fourth-order valence-corrected chi connectivity index (χ4v) is 2.60. The molecule has 2 aromatic carbocycles. The first-order valence-electron chi connectivity index (χ1n) is 8.31. The smallest absolute Gasteiger partial charge is 0.436 e. The second kappa shape index (κ2) is 9.07. The molecule has 1 amide bonds. The maximum absolute atomic E-state index is 14.0. The Kier molecular flexibility index (Phi) is 7.04. The molecule has 2 aromatic rings. The number of amides is 1. The first-order valence-corrected chi connectivity index (χ1v) is 8.69. The molecule has 0 radical (unpaired) electrons. The van der Waals surface area contributed by atoms with Gasteiger partial charge in [0.05, 0.1) is 6.61 Å². The summed E-state index contributed by atoms with van der Waals surface area (Å²) in [6.45, 7) is 0.630. The van der Waals surface area contributed by atoms with Gasteiger partial charge >= 0.3 is 12.1 Å². The number of ether oxygens (including phenoxy) is 1. The SMILES string of the molecule is CCOC(=O)C(NCc1ccccc1Cl)(NC(=O)c1ccccc1)C(F)(F)F. The molecule has 2 N–H and O–H groups in total. The standard InChI is InChI=1S/C19H18ClF3N2O3/c1-2-28-17(27)18(19(21,22)23,24-12-14-10-6-7-11-15(14)20)25-16(26)13-8-4-3-5-9-13/h3-11,24H,2,12H2,1H3,(H,25,26). The highest BCUT2D eigenvalue weighted by atomic mass is 35.5. The van der Waals surface area contributed by atoms with Crippen molar-refractivity contribution in [1.82, 2.24) is 10.6 Å². The van der Waals surface area contributed by atoms with Crippen LogP contribution in [-0.4, -0.2) is 30.3 Å². The maximum atomic E-state index is 14.0. The van der Waals surface area contributed by atoms with Gasteiger partial charge in [-0.15, -0.1) is 0 Å². The third-order valence-electron chi connectivity index (χ3n) is 3.85. The summed E-state index contributed by atoms with van der Waals surface area (Å²) >= 11 is 5.98. The molecule has 0 bridgehead atoms. The molecule has 150 valence electrons. The van der Waals surface area contributed by atoms with Crippen molar-refractivity contribution < 1.29 is 27.5 Å². The lowest BCUT2D eigenvalue weighted by atomic mass is 10.1. The normalized spacial score (nSPS) is 13.5. The van der Waals surface area contributed by atoms with E-state index >= 15 is 0 Å². The summed E-state index contributed by atoms with van der Waals surface area (Å²) in [5, 5.41) is 4.08. The van der Waals surface area contributed by atoms with E-state index in [1.165, 1.54) is 43.3 Å². The van der Waals surface area contributed by atoms with Crippen LogP contribution in [-0.2, 0) is 16.1 Å². The minimum absolute atomic E-state index is 0.0417. The van der Waals surface area contributed by atoms with Gasteiger partial charge in [-0.3, -0.25) is 10.1 Å². The fraction of sp³-hybridized carbons (Fsp3) is 0.263. The number of rotatable bonds is 7. The molecule has 0 aliphatic rings. The van der Waals surface area contributed by atoms with Gasteiger partial charge in [-0.1, -0.05) is 48.0 Å². The van der Waals surface area contributed by atoms with Gasteiger partial charge < -0.3 is 10.1 Å². The number of halogens is 4. The van der Waals surface area contributed by atoms with E-state index in [9.17, 15) is 22.8 Å². The predicted molar refractivity (Wildman–Crippen MR) is 97.6 cm³/mol. The number of esters is 1. The van der Waals surface area contributed by atoms with Crippen LogP contribution in [0.4, 0.5) is 13.2 Å². The van der Waals surface area contributed by atoms with Gasteiger partial charge in [-0.25, -0.2) is 4.79 Å². The van der Waals surface area contributed by atoms with Crippen molar-refractivity contribution in [2.45, 2.75) is 25.3 Å². The van der Waals surface area contributed by atoms with Crippen LogP contribution in [0.2, 0.25) is 5.02 Å². The summed E-state index contributed by atoms with van der Waals surface area (Å²) in [6.07, 6.45) is -5.19. The average Bonchev–Trinajstić information content (AvgIpc) is 2.66. The molecule has 28 heavy (non-hydrogen) atoms. The third-order valence-corrected chi connectivity index (χ3v) is 4.21. The molecular formula is C19H18ClF3N2O3. The van der Waals surface area contributed by atoms with Crippen LogP contribution >= 0.6 is 11.6 Å². The Morgan fingerprint density at radius 3 is 2.21 bits per heavy atom. The van der Waals surface area contributed by atoms with E-state index in [4.69, 9.17) is 11.6 Å². The zero-order chi connectivity index (χ0) is 20.8. The van der Waals surface area contributed by atoms with Crippen molar-refractivity contribution in [3.8, 4) is 0 Å². The number of carbonyl (C=O) groups is 2. The van der Waals surface area contributed by atoms with Crippen molar-refractivity contribution >= 4 is 23.5 Å². The van der Waals surface area contributed by atoms with Gasteiger partial charge in [0, 0.05) is 17.1 Å². The first-order chi connectivity index (χ1) is 13.2. The Bertz CT molecular complexity index is 831. The van der Waals surface area contributed by atoms with E-state index in [-0.39, 0.29) is 17.2 Å². The summed E-state index contributed by atoms with van der Waals surface area (Å²) in [6, 6.07) is 13.5. The Hall–Kier alpha value is -2.58. The van der Waals surface area contributed by atoms with E-state index in [1.807, 2.05) is 0 Å². The van der Waals surface area contributed by atoms with Crippen LogP contribution in [0.25, 0.3) is 0 Å². The second-order valence-electron chi connectivity index (χ2n) is 5.73. The Balaban J connectivity index is 2.41. The molecule has 5 nitrogen and oxygen atoms in total. The van der Waals surface area contributed by atoms with Gasteiger partial charge in [0.2, 0.25) is 0 Å². The molecule has 0 aromatic heterocycles. The quantitative estimate of drug-likeness (QED) is 0.535. The summed E-state index contributed by atoms with van der Waals surface area (Å²) in [5.41, 5.74) is -3.18. The molecule has 0 spiro atoms. The van der Waals surface area contributed by atoms with Crippen LogP contribution in [0.5, 0.6) is 0 Å². The minimum Gasteiger partial charge on any atom is -0.463 e. The zero-order valence-corrected chi connectivity index (χ0v) is 15.6. The molecule has 2 rings (SSSR count). The zero-order valence-electron chi connectivity index (χ0n) is 14.8. The van der Waals surface area contributed by atoms with Crippen molar-refractivity contribution in [3.63, 3.8) is 0 Å². The van der Waals surface area contributed by atoms with Crippen LogP contribution in [0.1, 0.15) is 22.8 Å². The monoisotopic (exact) mass is 414 g/mol. The van der Waals surface area contributed by atoms with E-state index in [0.29, 0.717) is 5.56 Å². The van der Waals surface area contributed by atoms with Gasteiger partial charge in [0.25, 0.3) is 11.6 Å². The Morgan fingerprint density at radius 1 is 1.04 bits per heavy atom. The van der Waals surface area contributed by atoms with Crippen LogP contribution < -0.4 is 10.6 Å². The summed E-state index contributed by atoms with van der Waals surface area (Å²) in [7, 11) is 0. The Morgan fingerprint density at radius 2 is 1.64 bits per heavy atom. The minimum atomic E-state index is -5.19. The fourth-order valence-electron chi connectivity index (χ4n) is 2.40. The molecule has 0 saturated carbocycles. The largest absolute Gasteiger partial charge is 0.463 e. The van der Waals surface area contributed by atoms with Gasteiger partial charge in [0.1, 0.15) is 0 Å². The van der Waals surface area contributed by atoms with Gasteiger partial charge in [-0.05, 0) is 30.7 Å². The second-order valence-corrected chi connectivity index (χ2v) is 6.14. The summed E-state index contributed by atoms with van der Waals surface area (Å²) < 4.78 is 46.7. The van der Waals surface area contributed by atoms with E-state index in [2.05, 4.69) is 10.1 Å². The highest BCUT2D eigenvalue weighted by Gasteiger charge is 2.63. The molecular weight excluding hydrogens is 397 g/mol. The molecule has 0 heterocycles. The number of alkyl halides is 3. The lowest BCUT2D eigenvalue weighted by molar-refractivity contribution is -0.219. The number of hydrogen-bond acceptors (Lipinski definition) is 4. The number of hydrogen-bond donors (Lipinski definition) is 2. The molecule has 9 heteroatoms.